The number of benzene rings is 1. The van der Waals surface area contributed by atoms with E-state index in [0.717, 1.165) is 49.6 Å². The Hall–Kier alpha value is -2.14. The Bertz CT molecular complexity index is 663. The summed E-state index contributed by atoms with van der Waals surface area (Å²) in [5.41, 5.74) is 2.60. The van der Waals surface area contributed by atoms with Crippen LogP contribution in [0.3, 0.4) is 0 Å². The van der Waals surface area contributed by atoms with E-state index in [1.54, 1.807) is 6.07 Å². The van der Waals surface area contributed by atoms with Gasteiger partial charge in [0.2, 0.25) is 0 Å². The molecular weight excluding hydrogens is 266 g/mol. The molecule has 0 unspecified atom stereocenters. The topological polar surface area (TPSA) is 58.4 Å². The molecule has 0 amide bonds. The molecule has 0 saturated heterocycles. The van der Waals surface area contributed by atoms with E-state index in [9.17, 15) is 9.90 Å². The molecule has 21 heavy (non-hydrogen) atoms. The average molecular weight is 285 g/mol. The molecule has 0 bridgehead atoms. The molecule has 3 rings (SSSR count). The van der Waals surface area contributed by atoms with Crippen molar-refractivity contribution in [3.63, 3.8) is 0 Å². The number of fused-ring (bicyclic) bond motifs is 1. The maximum Gasteiger partial charge on any atom is 0.335 e. The zero-order valence-corrected chi connectivity index (χ0v) is 12.1. The van der Waals surface area contributed by atoms with Gasteiger partial charge >= 0.3 is 5.97 Å². The Kier molecular flexibility index (Phi) is 3.75. The second-order valence-electron chi connectivity index (χ2n) is 5.44. The van der Waals surface area contributed by atoms with E-state index in [-0.39, 0.29) is 0 Å². The Labute approximate surface area is 123 Å². The summed E-state index contributed by atoms with van der Waals surface area (Å²) in [6.45, 7) is 5.60. The normalized spacial score (nSPS) is 14.9. The van der Waals surface area contributed by atoms with Crippen molar-refractivity contribution in [3.8, 4) is 0 Å². The molecule has 1 aromatic heterocycles. The van der Waals surface area contributed by atoms with Crippen LogP contribution < -0.4 is 0 Å². The van der Waals surface area contributed by atoms with Crippen LogP contribution in [0.5, 0.6) is 0 Å². The molecular formula is C16H19N3O2. The number of nitrogens with zero attached hydrogens (tertiary/aromatic N) is 3. The van der Waals surface area contributed by atoms with Crippen LogP contribution in [0.4, 0.5) is 0 Å². The number of hydrogen-bond donors (Lipinski definition) is 1. The van der Waals surface area contributed by atoms with Gasteiger partial charge in [0, 0.05) is 38.6 Å². The molecule has 5 heteroatoms. The highest BCUT2D eigenvalue weighted by molar-refractivity contribution is 5.89. The van der Waals surface area contributed by atoms with Crippen LogP contribution in [-0.4, -0.2) is 38.6 Å². The highest BCUT2D eigenvalue weighted by atomic mass is 16.4. The second-order valence-corrected chi connectivity index (χ2v) is 5.44. The van der Waals surface area contributed by atoms with Crippen molar-refractivity contribution in [1.29, 1.82) is 0 Å². The fourth-order valence-electron chi connectivity index (χ4n) is 2.95. The molecule has 1 N–H and O–H groups in total. The zero-order valence-electron chi connectivity index (χ0n) is 12.1. The first-order chi connectivity index (χ1) is 10.1. The summed E-state index contributed by atoms with van der Waals surface area (Å²) in [5.74, 6) is 0.204. The minimum atomic E-state index is -0.825. The molecule has 0 fully saturated rings. The van der Waals surface area contributed by atoms with Gasteiger partial charge < -0.3 is 9.67 Å². The number of aryl methyl sites for hydroxylation is 1. The monoisotopic (exact) mass is 285 g/mol. The summed E-state index contributed by atoms with van der Waals surface area (Å²) in [6, 6.07) is 5.58. The van der Waals surface area contributed by atoms with Crippen LogP contribution >= 0.6 is 0 Å². The van der Waals surface area contributed by atoms with E-state index in [2.05, 4.69) is 14.5 Å². The maximum atomic E-state index is 11.2. The predicted octanol–water partition coefficient (Wildman–Crippen LogP) is 1.95. The van der Waals surface area contributed by atoms with Gasteiger partial charge in [0.05, 0.1) is 5.56 Å². The van der Waals surface area contributed by atoms with Gasteiger partial charge in [-0.05, 0) is 30.5 Å². The van der Waals surface area contributed by atoms with Crippen molar-refractivity contribution >= 4 is 5.97 Å². The first-order valence-corrected chi connectivity index (χ1v) is 7.19. The highest BCUT2D eigenvalue weighted by Gasteiger charge is 2.20. The van der Waals surface area contributed by atoms with Crippen LogP contribution in [-0.2, 0) is 19.5 Å². The fraction of sp³-hybridized carbons (Fsp3) is 0.375. The van der Waals surface area contributed by atoms with E-state index in [1.807, 2.05) is 31.5 Å². The number of imidazole rings is 1. The lowest BCUT2D eigenvalue weighted by atomic mass is 9.94. The lowest BCUT2D eigenvalue weighted by Gasteiger charge is -2.29. The number of carboxylic acid groups (broad SMARTS) is 1. The molecule has 0 aliphatic carbocycles. The smallest absolute Gasteiger partial charge is 0.335 e. The molecule has 5 nitrogen and oxygen atoms in total. The quantitative estimate of drug-likeness (QED) is 0.933. The second kappa shape index (κ2) is 5.69. The molecule has 1 aliphatic heterocycles. The Morgan fingerprint density at radius 1 is 1.38 bits per heavy atom. The third kappa shape index (κ3) is 2.83. The van der Waals surface area contributed by atoms with Crippen molar-refractivity contribution in [3.05, 3.63) is 53.1 Å². The van der Waals surface area contributed by atoms with Crippen molar-refractivity contribution in [1.82, 2.24) is 14.5 Å². The van der Waals surface area contributed by atoms with Gasteiger partial charge in [-0.1, -0.05) is 12.1 Å². The summed E-state index contributed by atoms with van der Waals surface area (Å²) in [7, 11) is 0. The number of hydrogen-bond acceptors (Lipinski definition) is 3. The minimum absolute atomic E-state index is 0.456. The third-order valence-electron chi connectivity index (χ3n) is 4.16. The van der Waals surface area contributed by atoms with Gasteiger partial charge in [0.1, 0.15) is 5.82 Å². The lowest BCUT2D eigenvalue weighted by Crippen LogP contribution is -2.34. The Morgan fingerprint density at radius 2 is 2.24 bits per heavy atom. The van der Waals surface area contributed by atoms with Crippen LogP contribution in [0.15, 0.2) is 30.6 Å². The molecule has 1 aliphatic rings. The molecule has 0 spiro atoms. The van der Waals surface area contributed by atoms with Crippen LogP contribution in [0.25, 0.3) is 0 Å². The van der Waals surface area contributed by atoms with Crippen LogP contribution in [0, 0.1) is 6.92 Å². The molecule has 0 radical (unpaired) electrons. The number of carbonyl (C=O) groups is 1. The van der Waals surface area contributed by atoms with Crippen molar-refractivity contribution in [2.75, 3.05) is 13.1 Å². The van der Waals surface area contributed by atoms with Crippen LogP contribution in [0.2, 0.25) is 0 Å². The predicted molar refractivity (Wildman–Crippen MR) is 79.3 cm³/mol. The molecule has 0 saturated carbocycles. The van der Waals surface area contributed by atoms with Crippen molar-refractivity contribution in [2.45, 2.75) is 26.4 Å². The third-order valence-corrected chi connectivity index (χ3v) is 4.16. The number of rotatable bonds is 4. The van der Waals surface area contributed by atoms with Gasteiger partial charge in [-0.15, -0.1) is 0 Å². The number of aromatic nitrogens is 2. The zero-order chi connectivity index (χ0) is 14.8. The molecule has 1 aromatic carbocycles. The molecule has 110 valence electrons. The van der Waals surface area contributed by atoms with Gasteiger partial charge in [0.15, 0.2) is 0 Å². The average Bonchev–Trinajstić information content (AvgIpc) is 2.89. The lowest BCUT2D eigenvalue weighted by molar-refractivity contribution is 0.0694. The Balaban J connectivity index is 1.69. The van der Waals surface area contributed by atoms with E-state index < -0.39 is 5.97 Å². The number of aromatic carboxylic acids is 1. The van der Waals surface area contributed by atoms with Crippen molar-refractivity contribution in [2.24, 2.45) is 0 Å². The standard InChI is InChI=1S/C16H19N3O2/c1-12-17-6-8-19(12)10-9-18-7-5-14-13(11-18)3-2-4-15(14)16(20)21/h2-4,6,8H,5,7,9-11H2,1H3,(H,20,21). The Morgan fingerprint density at radius 3 is 2.95 bits per heavy atom. The fourth-order valence-corrected chi connectivity index (χ4v) is 2.95. The van der Waals surface area contributed by atoms with Crippen molar-refractivity contribution < 1.29 is 9.90 Å². The number of carboxylic acids is 1. The summed E-state index contributed by atoms with van der Waals surface area (Å²) in [6.07, 6.45) is 4.62. The first-order valence-electron chi connectivity index (χ1n) is 7.19. The van der Waals surface area contributed by atoms with E-state index in [1.165, 1.54) is 0 Å². The van der Waals surface area contributed by atoms with Crippen LogP contribution in [0.1, 0.15) is 27.3 Å². The van der Waals surface area contributed by atoms with Gasteiger partial charge in [0.25, 0.3) is 0 Å². The van der Waals surface area contributed by atoms with E-state index in [0.29, 0.717) is 5.56 Å². The van der Waals surface area contributed by atoms with E-state index in [4.69, 9.17) is 0 Å². The first kappa shape index (κ1) is 13.8. The van der Waals surface area contributed by atoms with E-state index >= 15 is 0 Å². The summed E-state index contributed by atoms with van der Waals surface area (Å²) in [5, 5.41) is 9.24. The largest absolute Gasteiger partial charge is 0.478 e. The van der Waals surface area contributed by atoms with Gasteiger partial charge in [-0.3, -0.25) is 4.90 Å². The SMILES string of the molecule is Cc1nccn1CCN1CCc2c(cccc2C(=O)O)C1. The molecule has 2 heterocycles. The summed E-state index contributed by atoms with van der Waals surface area (Å²) < 4.78 is 2.14. The minimum Gasteiger partial charge on any atom is -0.478 e. The maximum absolute atomic E-state index is 11.2. The molecule has 2 aromatic rings. The summed E-state index contributed by atoms with van der Waals surface area (Å²) in [4.78, 5) is 17.8. The highest BCUT2D eigenvalue weighted by Crippen LogP contribution is 2.22. The summed E-state index contributed by atoms with van der Waals surface area (Å²) >= 11 is 0. The van der Waals surface area contributed by atoms with Gasteiger partial charge in [-0.2, -0.15) is 0 Å². The molecule has 0 atom stereocenters. The van der Waals surface area contributed by atoms with Gasteiger partial charge in [-0.25, -0.2) is 9.78 Å².